The van der Waals surface area contributed by atoms with Gasteiger partial charge in [-0.15, -0.1) is 0 Å². The zero-order valence-electron chi connectivity index (χ0n) is 67.5. The van der Waals surface area contributed by atoms with E-state index in [1.807, 2.05) is 0 Å². The van der Waals surface area contributed by atoms with Gasteiger partial charge in [-0.3, -0.25) is 32.5 Å². The molecular weight excluding hydrogens is 1390 g/mol. The number of phosphoric acid groups is 2. The number of carbonyl (C=O) groups excluding carboxylic acids is 3. The maximum atomic E-state index is 12.9. The van der Waals surface area contributed by atoms with Crippen LogP contribution in [0.15, 0.2) is 134 Å². The largest absolute Gasteiger partial charge is 0.472 e. The highest BCUT2D eigenvalue weighted by atomic mass is 31.2. The predicted octanol–water partition coefficient (Wildman–Crippen LogP) is 25.4. The molecule has 0 aliphatic rings. The van der Waals surface area contributed by atoms with Gasteiger partial charge in [-0.1, -0.05) is 334 Å². The Balaban J connectivity index is 4.39. The average molecular weight is 1540 g/mol. The first-order chi connectivity index (χ1) is 52.2. The lowest BCUT2D eigenvalue weighted by Crippen LogP contribution is -2.30. The van der Waals surface area contributed by atoms with Crippen molar-refractivity contribution in [1.82, 2.24) is 0 Å². The van der Waals surface area contributed by atoms with Crippen molar-refractivity contribution >= 4 is 33.6 Å². The Hall–Kier alpha value is -4.31. The molecule has 0 saturated heterocycles. The number of phosphoric ester groups is 2. The second-order valence-electron chi connectivity index (χ2n) is 28.2. The number of rotatable bonds is 80. The molecule has 0 spiro atoms. The fourth-order valence-corrected chi connectivity index (χ4v) is 13.0. The molecule has 16 nitrogen and oxygen atoms in total. The van der Waals surface area contributed by atoms with Crippen molar-refractivity contribution in [2.75, 3.05) is 39.6 Å². The molecule has 0 amide bonds. The van der Waals surface area contributed by atoms with E-state index < -0.39 is 91.5 Å². The van der Waals surface area contributed by atoms with E-state index in [4.69, 9.17) is 32.3 Å². The molecule has 0 aromatic rings. The highest BCUT2D eigenvalue weighted by Crippen LogP contribution is 2.45. The lowest BCUT2D eigenvalue weighted by molar-refractivity contribution is -0.161. The summed E-state index contributed by atoms with van der Waals surface area (Å²) in [5, 5.41) is 20.7. The van der Waals surface area contributed by atoms with Crippen molar-refractivity contribution in [3.05, 3.63) is 134 Å². The topological polar surface area (TPSA) is 231 Å². The van der Waals surface area contributed by atoms with Crippen LogP contribution in [0.25, 0.3) is 0 Å². The van der Waals surface area contributed by atoms with Gasteiger partial charge in [0.25, 0.3) is 0 Å². The van der Waals surface area contributed by atoms with Crippen molar-refractivity contribution in [3.63, 3.8) is 0 Å². The van der Waals surface area contributed by atoms with Gasteiger partial charge in [0.05, 0.1) is 26.4 Å². The quantitative estimate of drug-likeness (QED) is 0.0146. The summed E-state index contributed by atoms with van der Waals surface area (Å²) in [7, 11) is -9.80. The molecule has 0 aromatic heterocycles. The van der Waals surface area contributed by atoms with Gasteiger partial charge in [0.1, 0.15) is 25.4 Å². The van der Waals surface area contributed by atoms with Crippen LogP contribution in [0, 0.1) is 0 Å². The maximum absolute atomic E-state index is 12.9. The standard InChI is InChI=1S/C89H154O16P2/c1-4-7-10-13-16-19-22-25-27-29-31-33-35-36-37-38-39-40-41-42-43-44-45-46-48-50-51-53-55-58-60-63-66-69-72-75-87(92)99-78-84(90)79-101-106(95,96)102-80-85(91)81-103-107(97,98)104-83-86(105-89(94)77-74-71-68-65-62-57-24-21-18-15-12-9-6-3)82-100-88(93)76-73-70-67-64-61-59-56-54-52-49-47-34-32-30-28-26-23-20-17-14-11-8-5-2/h8,11-12,15-17,19-21,24-28,31-34,36-37,49,52,84-86,90-91H,4-7,9-10,13-14,18,22-23,29-30,35,38-48,50-51,53-83H2,1-3H3,(H,95,96)(H,97,98)/b11-8-,15-12-,19-16-,20-17-,24-21-,27-25-,28-26-,33-31-,34-32-,37-36-,52-49-. The van der Waals surface area contributed by atoms with E-state index in [9.17, 15) is 43.5 Å². The molecular formula is C89H154O16P2. The molecule has 18 heteroatoms. The van der Waals surface area contributed by atoms with Crippen LogP contribution in [0.3, 0.4) is 0 Å². The monoisotopic (exact) mass is 1540 g/mol. The summed E-state index contributed by atoms with van der Waals surface area (Å²) in [5.74, 6) is -1.60. The van der Waals surface area contributed by atoms with E-state index in [2.05, 4.69) is 154 Å². The second kappa shape index (κ2) is 81.2. The van der Waals surface area contributed by atoms with Crippen LogP contribution in [-0.4, -0.2) is 95.9 Å². The Bertz CT molecular complexity index is 2480. The van der Waals surface area contributed by atoms with Gasteiger partial charge < -0.3 is 34.2 Å². The van der Waals surface area contributed by atoms with Crippen LogP contribution in [0.5, 0.6) is 0 Å². The smallest absolute Gasteiger partial charge is 0.463 e. The highest BCUT2D eigenvalue weighted by molar-refractivity contribution is 7.47. The molecule has 0 rings (SSSR count). The first kappa shape index (κ1) is 103. The molecule has 0 aromatic carbocycles. The van der Waals surface area contributed by atoms with E-state index in [0.717, 1.165) is 167 Å². The summed E-state index contributed by atoms with van der Waals surface area (Å²) >= 11 is 0. The van der Waals surface area contributed by atoms with Gasteiger partial charge in [0, 0.05) is 19.3 Å². The second-order valence-corrected chi connectivity index (χ2v) is 31.2. The minimum absolute atomic E-state index is 0.0834. The SMILES string of the molecule is CC/C=C\C/C=C\C/C=C\C/C=C\C/C=C\CCCCCCCCCC(=O)OCC(COP(=O)(O)OCC(O)COP(=O)(O)OCC(O)COC(=O)CCCCCCCCCCCCCCCCCCCCC/C=C\C/C=C\C/C=C\C/C=C\CCCCC)OC(=O)CCCCCCC/C=C\C/C=C\CCC. The molecule has 0 radical (unpaired) electrons. The Morgan fingerprint density at radius 1 is 0.271 bits per heavy atom. The summed E-state index contributed by atoms with van der Waals surface area (Å²) in [6.07, 6.45) is 99.5. The zero-order valence-corrected chi connectivity index (χ0v) is 69.3. The Kier molecular flexibility index (Phi) is 77.9. The third kappa shape index (κ3) is 82.5. The van der Waals surface area contributed by atoms with Crippen molar-refractivity contribution < 1.29 is 75.8 Å². The molecule has 0 aliphatic heterocycles. The summed E-state index contributed by atoms with van der Waals surface area (Å²) in [5.41, 5.74) is 0. The first-order valence-corrected chi connectivity index (χ1v) is 45.5. The molecule has 0 bridgehead atoms. The fraction of sp³-hybridized carbons (Fsp3) is 0.719. The lowest BCUT2D eigenvalue weighted by Gasteiger charge is -2.21. The van der Waals surface area contributed by atoms with Crippen molar-refractivity contribution in [2.24, 2.45) is 0 Å². The summed E-state index contributed by atoms with van der Waals surface area (Å²) in [6.45, 7) is 2.47. The first-order valence-electron chi connectivity index (χ1n) is 42.5. The van der Waals surface area contributed by atoms with Crippen LogP contribution in [0.4, 0.5) is 0 Å². The molecule has 0 fully saturated rings. The normalized spacial score (nSPS) is 14.6. The Morgan fingerprint density at radius 3 is 0.822 bits per heavy atom. The number of ether oxygens (including phenoxy) is 3. The Labute approximate surface area is 652 Å². The van der Waals surface area contributed by atoms with Crippen LogP contribution in [0.1, 0.15) is 355 Å². The van der Waals surface area contributed by atoms with Crippen molar-refractivity contribution in [2.45, 2.75) is 373 Å². The molecule has 5 unspecified atom stereocenters. The molecule has 0 aliphatic carbocycles. The summed E-state index contributed by atoms with van der Waals surface area (Å²) in [4.78, 5) is 58.7. The molecule has 107 heavy (non-hydrogen) atoms. The minimum Gasteiger partial charge on any atom is -0.463 e. The Morgan fingerprint density at radius 2 is 0.514 bits per heavy atom. The van der Waals surface area contributed by atoms with Crippen LogP contribution in [0.2, 0.25) is 0 Å². The number of hydrogen-bond donors (Lipinski definition) is 4. The van der Waals surface area contributed by atoms with E-state index in [1.165, 1.54) is 128 Å². The third-order valence-electron chi connectivity index (χ3n) is 17.8. The van der Waals surface area contributed by atoms with Crippen molar-refractivity contribution in [3.8, 4) is 0 Å². The molecule has 616 valence electrons. The number of esters is 3. The fourth-order valence-electron chi connectivity index (χ4n) is 11.4. The summed E-state index contributed by atoms with van der Waals surface area (Å²) < 4.78 is 61.2. The molecule has 4 N–H and O–H groups in total. The van der Waals surface area contributed by atoms with Gasteiger partial charge >= 0.3 is 33.6 Å². The molecule has 5 atom stereocenters. The number of carbonyl (C=O) groups is 3. The number of aliphatic hydroxyl groups excluding tert-OH is 2. The van der Waals surface area contributed by atoms with Crippen molar-refractivity contribution in [1.29, 1.82) is 0 Å². The predicted molar refractivity (Wildman–Crippen MR) is 445 cm³/mol. The number of hydrogen-bond acceptors (Lipinski definition) is 14. The van der Waals surface area contributed by atoms with E-state index in [-0.39, 0.29) is 19.3 Å². The molecule has 0 saturated carbocycles. The van der Waals surface area contributed by atoms with Gasteiger partial charge in [0.15, 0.2) is 6.10 Å². The maximum Gasteiger partial charge on any atom is 0.472 e. The van der Waals surface area contributed by atoms with Gasteiger partial charge in [-0.25, -0.2) is 9.13 Å². The lowest BCUT2D eigenvalue weighted by atomic mass is 10.0. The van der Waals surface area contributed by atoms with E-state index in [0.29, 0.717) is 19.3 Å². The van der Waals surface area contributed by atoms with E-state index in [1.54, 1.807) is 0 Å². The van der Waals surface area contributed by atoms with Crippen LogP contribution in [-0.2, 0) is 55.8 Å². The van der Waals surface area contributed by atoms with Gasteiger partial charge in [0.2, 0.25) is 0 Å². The van der Waals surface area contributed by atoms with Gasteiger partial charge in [-0.2, -0.15) is 0 Å². The number of unbranched alkanes of at least 4 members (excludes halogenated alkanes) is 35. The highest BCUT2D eigenvalue weighted by Gasteiger charge is 2.29. The summed E-state index contributed by atoms with van der Waals surface area (Å²) in [6, 6.07) is 0. The van der Waals surface area contributed by atoms with Crippen LogP contribution < -0.4 is 0 Å². The van der Waals surface area contributed by atoms with Gasteiger partial charge in [-0.05, 0) is 135 Å². The number of allylic oxidation sites excluding steroid dienone is 22. The average Bonchev–Trinajstić information content (AvgIpc) is 0.914. The van der Waals surface area contributed by atoms with Crippen LogP contribution >= 0.6 is 15.6 Å². The van der Waals surface area contributed by atoms with E-state index >= 15 is 0 Å². The third-order valence-corrected chi connectivity index (χ3v) is 19.7. The minimum atomic E-state index is -4.94. The number of aliphatic hydroxyl groups is 2. The zero-order chi connectivity index (χ0) is 78.0. The molecule has 0 heterocycles.